The molecule has 9 heteroatoms. The van der Waals surface area contributed by atoms with Gasteiger partial charge in [0, 0.05) is 23.9 Å². The van der Waals surface area contributed by atoms with Gasteiger partial charge in [0.25, 0.3) is 5.91 Å². The summed E-state index contributed by atoms with van der Waals surface area (Å²) in [4.78, 5) is 27.2. The molecule has 3 aromatic rings. The van der Waals surface area contributed by atoms with Crippen molar-refractivity contribution < 1.29 is 23.4 Å². The molecule has 180 valence electrons. The fraction of sp³-hybridized carbons (Fsp3) is 0.231. The second-order valence-corrected chi connectivity index (χ2v) is 8.60. The molecule has 1 amide bonds. The van der Waals surface area contributed by atoms with Crippen LogP contribution in [0.5, 0.6) is 11.5 Å². The zero-order chi connectivity index (χ0) is 24.9. The van der Waals surface area contributed by atoms with Crippen molar-refractivity contribution in [3.8, 4) is 11.5 Å². The quantitative estimate of drug-likeness (QED) is 0.540. The van der Waals surface area contributed by atoms with Crippen LogP contribution in [0.25, 0.3) is 0 Å². The Hall–Kier alpha value is -4.14. The van der Waals surface area contributed by atoms with Crippen LogP contribution in [0.4, 0.5) is 8.78 Å². The van der Waals surface area contributed by atoms with E-state index >= 15 is 4.39 Å². The molecule has 0 fully saturated rings. The zero-order valence-corrected chi connectivity index (χ0v) is 19.1. The van der Waals surface area contributed by atoms with Crippen LogP contribution < -0.4 is 15.2 Å². The number of ether oxygens (including phenoxy) is 1. The Morgan fingerprint density at radius 1 is 1.06 bits per heavy atom. The highest BCUT2D eigenvalue weighted by molar-refractivity contribution is 5.96. The fourth-order valence-electron chi connectivity index (χ4n) is 4.65. The van der Waals surface area contributed by atoms with Gasteiger partial charge in [0.1, 0.15) is 19.3 Å². The van der Waals surface area contributed by atoms with Crippen LogP contribution in [0, 0.1) is 18.6 Å². The first kappa shape index (κ1) is 22.6. The van der Waals surface area contributed by atoms with Gasteiger partial charge in [-0.15, -0.1) is 0 Å². The van der Waals surface area contributed by atoms with Gasteiger partial charge >= 0.3 is 0 Å². The molecule has 0 radical (unpaired) electrons. The van der Waals surface area contributed by atoms with Crippen molar-refractivity contribution in [1.82, 2.24) is 9.58 Å². The van der Waals surface area contributed by atoms with Crippen molar-refractivity contribution in [3.63, 3.8) is 0 Å². The lowest BCUT2D eigenvalue weighted by Gasteiger charge is -2.45. The number of amides is 1. The molecule has 0 unspecified atom stereocenters. The number of fused-ring (bicyclic) bond motifs is 5. The fourth-order valence-corrected chi connectivity index (χ4v) is 4.65. The molecule has 1 N–H and O–H groups in total. The van der Waals surface area contributed by atoms with Gasteiger partial charge in [0.15, 0.2) is 23.0 Å². The van der Waals surface area contributed by atoms with E-state index in [1.165, 1.54) is 21.8 Å². The Labute approximate surface area is 200 Å². The van der Waals surface area contributed by atoms with E-state index in [4.69, 9.17) is 4.74 Å². The number of hydrogen-bond acceptors (Lipinski definition) is 5. The van der Waals surface area contributed by atoms with Gasteiger partial charge in [0.05, 0.1) is 0 Å². The highest BCUT2D eigenvalue weighted by atomic mass is 19.2. The molecule has 2 aromatic carbocycles. The van der Waals surface area contributed by atoms with Crippen LogP contribution in [-0.2, 0) is 0 Å². The molecule has 2 aliphatic rings. The lowest BCUT2D eigenvalue weighted by Crippen LogP contribution is -2.57. The van der Waals surface area contributed by atoms with E-state index in [2.05, 4.69) is 0 Å². The first-order chi connectivity index (χ1) is 16.8. The predicted octanol–water partition coefficient (Wildman–Crippen LogP) is 3.62. The van der Waals surface area contributed by atoms with Crippen LogP contribution in [-0.4, -0.2) is 39.9 Å². The minimum atomic E-state index is -1.12. The molecule has 5 rings (SSSR count). The second kappa shape index (κ2) is 8.57. The van der Waals surface area contributed by atoms with Gasteiger partial charge in [-0.2, -0.15) is 4.39 Å². The molecular formula is C26H23F2N3O4. The monoisotopic (exact) mass is 479 g/mol. The average Bonchev–Trinajstić information content (AvgIpc) is 2.86. The molecule has 0 aliphatic carbocycles. The normalized spacial score (nSPS) is 20.4. The Bertz CT molecular complexity index is 1420. The summed E-state index contributed by atoms with van der Waals surface area (Å²) in [6.45, 7) is 3.67. The first-order valence-corrected chi connectivity index (χ1v) is 11.1. The van der Waals surface area contributed by atoms with Gasteiger partial charge in [-0.05, 0) is 43.2 Å². The van der Waals surface area contributed by atoms with E-state index in [9.17, 15) is 19.1 Å². The maximum atomic E-state index is 15.1. The summed E-state index contributed by atoms with van der Waals surface area (Å²) in [5, 5.41) is 12.4. The lowest BCUT2D eigenvalue weighted by molar-refractivity contribution is 0.0643. The Morgan fingerprint density at radius 2 is 1.83 bits per heavy atom. The summed E-state index contributed by atoms with van der Waals surface area (Å²) < 4.78 is 36.5. The molecule has 0 saturated carbocycles. The third-order valence-electron chi connectivity index (χ3n) is 6.48. The number of carbonyl (C=O) groups is 1. The number of halogens is 2. The molecule has 1 aromatic heterocycles. The lowest BCUT2D eigenvalue weighted by atomic mass is 9.93. The van der Waals surface area contributed by atoms with E-state index in [1.54, 1.807) is 24.1 Å². The number of nitrogens with zero attached hydrogens (tertiary/aromatic N) is 3. The molecule has 2 atom stereocenters. The largest absolute Gasteiger partial charge is 0.502 e. The topological polar surface area (TPSA) is 75.0 Å². The summed E-state index contributed by atoms with van der Waals surface area (Å²) in [6.07, 6.45) is 4.73. The standard InChI is InChI=1S/C26H23F2N3O4/c1-15-6-3-4-8-17(15)22-18-9-10-19(27)21(28)25(18)35-13-5-7-16(2)29-14-31(22)30-12-11-20(32)24(33)23(30)26(29)34/h3-12,16,22,33H,13-14H2,1-2H3/b7-5+/t16-,22+/m1/s1. The average molecular weight is 479 g/mol. The van der Waals surface area contributed by atoms with Gasteiger partial charge in [0.2, 0.25) is 11.2 Å². The van der Waals surface area contributed by atoms with E-state index in [-0.39, 0.29) is 24.7 Å². The molecule has 35 heavy (non-hydrogen) atoms. The summed E-state index contributed by atoms with van der Waals surface area (Å²) >= 11 is 0. The maximum Gasteiger partial charge on any atom is 0.278 e. The summed E-state index contributed by atoms with van der Waals surface area (Å²) in [6, 6.07) is 9.89. The van der Waals surface area contributed by atoms with Gasteiger partial charge < -0.3 is 14.7 Å². The second-order valence-electron chi connectivity index (χ2n) is 8.60. The number of aromatic hydroxyl groups is 1. The van der Waals surface area contributed by atoms with Crippen LogP contribution in [0.2, 0.25) is 0 Å². The molecule has 3 heterocycles. The molecule has 0 spiro atoms. The molecule has 7 nitrogen and oxygen atoms in total. The number of benzene rings is 2. The smallest absolute Gasteiger partial charge is 0.278 e. The van der Waals surface area contributed by atoms with E-state index in [0.717, 1.165) is 23.3 Å². The summed E-state index contributed by atoms with van der Waals surface area (Å²) in [5.74, 6) is -3.61. The van der Waals surface area contributed by atoms with Gasteiger partial charge in [-0.1, -0.05) is 30.3 Å². The van der Waals surface area contributed by atoms with Crippen molar-refractivity contribution in [2.75, 3.05) is 18.3 Å². The third kappa shape index (κ3) is 3.63. The molecular weight excluding hydrogens is 456 g/mol. The number of pyridine rings is 1. The summed E-state index contributed by atoms with van der Waals surface area (Å²) in [5.41, 5.74) is 1.06. The Morgan fingerprint density at radius 3 is 2.60 bits per heavy atom. The molecule has 2 bridgehead atoms. The van der Waals surface area contributed by atoms with E-state index in [1.807, 2.05) is 31.2 Å². The number of hydrogen-bond donors (Lipinski definition) is 1. The van der Waals surface area contributed by atoms with Crippen molar-refractivity contribution in [2.24, 2.45) is 0 Å². The van der Waals surface area contributed by atoms with E-state index < -0.39 is 40.8 Å². The predicted molar refractivity (Wildman–Crippen MR) is 125 cm³/mol. The molecule has 2 aliphatic heterocycles. The number of aryl methyl sites for hydroxylation is 1. The van der Waals surface area contributed by atoms with Crippen molar-refractivity contribution in [3.05, 3.63) is 105 Å². The number of aromatic nitrogens is 1. The van der Waals surface area contributed by atoms with Crippen LogP contribution in [0.1, 0.15) is 40.1 Å². The van der Waals surface area contributed by atoms with E-state index in [0.29, 0.717) is 5.56 Å². The highest BCUT2D eigenvalue weighted by Gasteiger charge is 2.39. The first-order valence-electron chi connectivity index (χ1n) is 11.1. The zero-order valence-electron chi connectivity index (χ0n) is 19.1. The Kier molecular flexibility index (Phi) is 5.55. The number of rotatable bonds is 1. The number of carbonyl (C=O) groups excluding carboxylic acids is 1. The van der Waals surface area contributed by atoms with Gasteiger partial charge in [-0.3, -0.25) is 19.3 Å². The highest BCUT2D eigenvalue weighted by Crippen LogP contribution is 2.40. The molecule has 0 saturated heterocycles. The van der Waals surface area contributed by atoms with Gasteiger partial charge in [-0.25, -0.2) is 4.39 Å². The SMILES string of the molecule is Cc1ccccc1[C@H]1c2ccc(F)c(F)c2OC/C=C/[C@@H](C)N2CN1n1ccc(=O)c(O)c1C2=O. The Balaban J connectivity index is 1.87. The maximum absolute atomic E-state index is 15.1. The van der Waals surface area contributed by atoms with Crippen molar-refractivity contribution in [2.45, 2.75) is 25.9 Å². The van der Waals surface area contributed by atoms with Crippen molar-refractivity contribution in [1.29, 1.82) is 0 Å². The van der Waals surface area contributed by atoms with Crippen LogP contribution in [0.3, 0.4) is 0 Å². The summed E-state index contributed by atoms with van der Waals surface area (Å²) in [7, 11) is 0. The minimum absolute atomic E-state index is 0.0388. The van der Waals surface area contributed by atoms with Crippen molar-refractivity contribution >= 4 is 5.91 Å². The van der Waals surface area contributed by atoms with Crippen LogP contribution in [0.15, 0.2) is 65.6 Å². The minimum Gasteiger partial charge on any atom is -0.502 e. The van der Waals surface area contributed by atoms with Crippen LogP contribution >= 0.6 is 0 Å². The third-order valence-corrected chi connectivity index (χ3v) is 6.48.